The summed E-state index contributed by atoms with van der Waals surface area (Å²) in [5.41, 5.74) is 7.58. The zero-order chi connectivity index (χ0) is 24.9. The molecule has 4 N–H and O–H groups in total. The van der Waals surface area contributed by atoms with Crippen molar-refractivity contribution in [1.82, 2.24) is 25.1 Å². The molecule has 7 rings (SSSR count). The molecule has 0 amide bonds. The molecule has 1 unspecified atom stereocenters. The van der Waals surface area contributed by atoms with Gasteiger partial charge in [-0.15, -0.1) is 0 Å². The van der Waals surface area contributed by atoms with E-state index >= 15 is 0 Å². The van der Waals surface area contributed by atoms with Crippen LogP contribution in [0.25, 0.3) is 55.6 Å². The lowest BCUT2D eigenvalue weighted by molar-refractivity contribution is 0.180. The minimum absolute atomic E-state index is 0.298. The monoisotopic (exact) mass is 490 g/mol. The zero-order valence-corrected chi connectivity index (χ0v) is 19.7. The fourth-order valence-corrected chi connectivity index (χ4v) is 4.82. The van der Waals surface area contributed by atoms with Gasteiger partial charge in [0.05, 0.1) is 28.8 Å². The number of H-pyrrole nitrogens is 2. The summed E-state index contributed by atoms with van der Waals surface area (Å²) in [5.74, 6) is 0.0233. The number of aromatic nitrogens is 5. The maximum atomic E-state index is 13.9. The van der Waals surface area contributed by atoms with Crippen molar-refractivity contribution < 1.29 is 9.50 Å². The summed E-state index contributed by atoms with van der Waals surface area (Å²) in [5, 5.41) is 23.0. The van der Waals surface area contributed by atoms with E-state index < -0.39 is 6.23 Å². The van der Waals surface area contributed by atoms with E-state index in [0.29, 0.717) is 11.6 Å². The fraction of sp³-hybridized carbons (Fsp3) is 0.138. The van der Waals surface area contributed by atoms with Crippen molar-refractivity contribution in [3.63, 3.8) is 0 Å². The second-order valence-corrected chi connectivity index (χ2v) is 9.54. The van der Waals surface area contributed by atoms with Crippen LogP contribution in [-0.4, -0.2) is 36.5 Å². The van der Waals surface area contributed by atoms with Gasteiger partial charge < -0.3 is 15.4 Å². The molecular formula is C29H23FN6O. The number of fused-ring (bicyclic) bond motifs is 2. The quantitative estimate of drug-likeness (QED) is 0.211. The Bertz CT molecular complexity index is 1770. The molecule has 1 aliphatic rings. The third-order valence-corrected chi connectivity index (χ3v) is 6.92. The molecule has 1 saturated carbocycles. The first-order chi connectivity index (χ1) is 18.1. The average Bonchev–Trinajstić information content (AvgIpc) is 3.55. The highest BCUT2D eigenvalue weighted by atomic mass is 19.1. The summed E-state index contributed by atoms with van der Waals surface area (Å²) in [6, 6.07) is 18.5. The highest BCUT2D eigenvalue weighted by Gasteiger charge is 2.29. The van der Waals surface area contributed by atoms with Crippen molar-refractivity contribution >= 4 is 27.5 Å². The summed E-state index contributed by atoms with van der Waals surface area (Å²) in [6.45, 7) is 0. The molecule has 0 radical (unpaired) electrons. The largest absolute Gasteiger partial charge is 0.374 e. The number of hydrogen-bond donors (Lipinski definition) is 4. The molecule has 7 nitrogen and oxygen atoms in total. The number of pyridine rings is 2. The Kier molecular flexibility index (Phi) is 5.00. The van der Waals surface area contributed by atoms with E-state index in [-0.39, 0.29) is 5.82 Å². The zero-order valence-electron chi connectivity index (χ0n) is 19.7. The number of anilines is 1. The standard InChI is InChI=1S/C29H23FN6O/c30-20-3-1-2-18(10-20)27-23-13-26(34-24(23)8-9-32-27)28-22-12-17(6-7-25(22)35-36-28)19-11-21(15-31-14-19)33-29(37)16-4-5-16/h1-3,6-16,29,33-34,37H,4-5H2,(H,35,36). The number of nitrogens with zero attached hydrogens (tertiary/aromatic N) is 3. The molecule has 1 fully saturated rings. The summed E-state index contributed by atoms with van der Waals surface area (Å²) >= 11 is 0. The van der Waals surface area contributed by atoms with Gasteiger partial charge in [0.2, 0.25) is 0 Å². The Morgan fingerprint density at radius 1 is 0.892 bits per heavy atom. The van der Waals surface area contributed by atoms with Crippen molar-refractivity contribution in [2.45, 2.75) is 19.1 Å². The molecule has 37 heavy (non-hydrogen) atoms. The van der Waals surface area contributed by atoms with E-state index in [1.807, 2.05) is 42.6 Å². The van der Waals surface area contributed by atoms with Gasteiger partial charge in [-0.1, -0.05) is 18.2 Å². The second-order valence-electron chi connectivity index (χ2n) is 9.54. The maximum Gasteiger partial charge on any atom is 0.127 e. The molecule has 0 bridgehead atoms. The van der Waals surface area contributed by atoms with Crippen LogP contribution in [0.4, 0.5) is 10.1 Å². The topological polar surface area (TPSA) is 103 Å². The van der Waals surface area contributed by atoms with Crippen molar-refractivity contribution in [3.8, 4) is 33.8 Å². The lowest BCUT2D eigenvalue weighted by atomic mass is 10.0. The number of hydrogen-bond acceptors (Lipinski definition) is 5. The molecule has 4 heterocycles. The van der Waals surface area contributed by atoms with Crippen LogP contribution in [0.2, 0.25) is 0 Å². The van der Waals surface area contributed by atoms with Gasteiger partial charge in [-0.2, -0.15) is 5.10 Å². The Hall–Kier alpha value is -4.56. The van der Waals surface area contributed by atoms with Crippen LogP contribution in [-0.2, 0) is 0 Å². The predicted octanol–water partition coefficient (Wildman–Crippen LogP) is 6.11. The SMILES string of the molecule is OC(Nc1cncc(-c2ccc3[nH]nc(-c4cc5c(-c6cccc(F)c6)nccc5[nH]4)c3c2)c1)C1CC1. The number of rotatable bonds is 6. The lowest BCUT2D eigenvalue weighted by Gasteiger charge is -2.13. The van der Waals surface area contributed by atoms with E-state index in [1.54, 1.807) is 18.5 Å². The van der Waals surface area contributed by atoms with Gasteiger partial charge in [0.25, 0.3) is 0 Å². The smallest absolute Gasteiger partial charge is 0.127 e. The molecule has 2 aromatic carbocycles. The Labute approximate surface area is 211 Å². The Balaban J connectivity index is 1.28. The van der Waals surface area contributed by atoms with Gasteiger partial charge in [0.1, 0.15) is 17.7 Å². The first-order valence-electron chi connectivity index (χ1n) is 12.2. The number of aromatic amines is 2. The third kappa shape index (κ3) is 4.01. The van der Waals surface area contributed by atoms with Crippen LogP contribution in [0.3, 0.4) is 0 Å². The first-order valence-corrected chi connectivity index (χ1v) is 12.2. The average molecular weight is 491 g/mol. The molecule has 4 aromatic heterocycles. The van der Waals surface area contributed by atoms with Gasteiger partial charge in [0, 0.05) is 45.7 Å². The van der Waals surface area contributed by atoms with Gasteiger partial charge in [-0.25, -0.2) is 4.39 Å². The van der Waals surface area contributed by atoms with Crippen LogP contribution in [0, 0.1) is 11.7 Å². The van der Waals surface area contributed by atoms with Gasteiger partial charge in [-0.3, -0.25) is 15.1 Å². The Morgan fingerprint density at radius 3 is 2.65 bits per heavy atom. The van der Waals surface area contributed by atoms with E-state index in [1.165, 1.54) is 12.1 Å². The van der Waals surface area contributed by atoms with E-state index in [0.717, 1.165) is 68.4 Å². The number of aliphatic hydroxyl groups is 1. The predicted molar refractivity (Wildman–Crippen MR) is 142 cm³/mol. The molecule has 8 heteroatoms. The van der Waals surface area contributed by atoms with Crippen LogP contribution in [0.1, 0.15) is 12.8 Å². The molecular weight excluding hydrogens is 467 g/mol. The first kappa shape index (κ1) is 21.7. The van der Waals surface area contributed by atoms with E-state index in [9.17, 15) is 9.50 Å². The molecule has 0 spiro atoms. The second kappa shape index (κ2) is 8.53. The van der Waals surface area contributed by atoms with Crippen molar-refractivity contribution in [3.05, 3.63) is 85.1 Å². The number of benzene rings is 2. The maximum absolute atomic E-state index is 13.9. The molecule has 0 saturated heterocycles. The van der Waals surface area contributed by atoms with Crippen LogP contribution in [0.15, 0.2) is 79.3 Å². The van der Waals surface area contributed by atoms with Crippen LogP contribution in [0.5, 0.6) is 0 Å². The van der Waals surface area contributed by atoms with Crippen molar-refractivity contribution in [1.29, 1.82) is 0 Å². The van der Waals surface area contributed by atoms with Crippen LogP contribution >= 0.6 is 0 Å². The molecule has 6 aromatic rings. The van der Waals surface area contributed by atoms with Gasteiger partial charge in [-0.05, 0) is 60.9 Å². The summed E-state index contributed by atoms with van der Waals surface area (Å²) in [4.78, 5) is 12.4. The fourth-order valence-electron chi connectivity index (χ4n) is 4.82. The minimum atomic E-state index is -0.547. The minimum Gasteiger partial charge on any atom is -0.374 e. The molecule has 0 aliphatic heterocycles. The highest BCUT2D eigenvalue weighted by Crippen LogP contribution is 2.36. The van der Waals surface area contributed by atoms with Crippen molar-refractivity contribution in [2.75, 3.05) is 5.32 Å². The Morgan fingerprint density at radius 2 is 1.78 bits per heavy atom. The molecule has 182 valence electrons. The van der Waals surface area contributed by atoms with Crippen molar-refractivity contribution in [2.24, 2.45) is 5.92 Å². The summed E-state index contributed by atoms with van der Waals surface area (Å²) in [7, 11) is 0. The molecule has 1 aliphatic carbocycles. The number of aliphatic hydroxyl groups excluding tert-OH is 1. The normalized spacial score (nSPS) is 14.3. The third-order valence-electron chi connectivity index (χ3n) is 6.92. The van der Waals surface area contributed by atoms with E-state index in [2.05, 4.69) is 36.5 Å². The number of nitrogens with one attached hydrogen (secondary N) is 3. The van der Waals surface area contributed by atoms with Gasteiger partial charge in [0.15, 0.2) is 0 Å². The summed E-state index contributed by atoms with van der Waals surface area (Å²) < 4.78 is 13.9. The molecule has 1 atom stereocenters. The van der Waals surface area contributed by atoms with E-state index in [4.69, 9.17) is 0 Å². The van der Waals surface area contributed by atoms with Crippen LogP contribution < -0.4 is 5.32 Å². The lowest BCUT2D eigenvalue weighted by Crippen LogP contribution is -2.20. The number of halogens is 1. The summed E-state index contributed by atoms with van der Waals surface area (Å²) in [6.07, 6.45) is 6.82. The highest BCUT2D eigenvalue weighted by molar-refractivity contribution is 6.00. The van der Waals surface area contributed by atoms with Gasteiger partial charge >= 0.3 is 0 Å².